The Balaban J connectivity index is 0.00000264. The van der Waals surface area contributed by atoms with Crippen LogP contribution in [0.1, 0.15) is 27.7 Å². The summed E-state index contributed by atoms with van der Waals surface area (Å²) in [6.07, 6.45) is 2.98. The molecule has 2 aromatic heterocycles. The van der Waals surface area contributed by atoms with Crippen molar-refractivity contribution in [1.29, 1.82) is 0 Å². The summed E-state index contributed by atoms with van der Waals surface area (Å²) in [5, 5.41) is 11.5. The zero-order valence-corrected chi connectivity index (χ0v) is 17.4. The van der Waals surface area contributed by atoms with Gasteiger partial charge in [-0.3, -0.25) is 9.97 Å². The first-order valence-corrected chi connectivity index (χ1v) is 9.60. The van der Waals surface area contributed by atoms with E-state index in [4.69, 9.17) is 23.2 Å². The first-order chi connectivity index (χ1) is 10.3. The van der Waals surface area contributed by atoms with Gasteiger partial charge < -0.3 is 5.11 Å². The molecule has 23 heavy (non-hydrogen) atoms. The average molecular weight is 461 g/mol. The van der Waals surface area contributed by atoms with E-state index >= 15 is 0 Å². The van der Waals surface area contributed by atoms with Crippen LogP contribution >= 0.6 is 23.2 Å². The maximum absolute atomic E-state index is 9.43. The molecule has 0 unspecified atom stereocenters. The SMILES string of the molecule is CC(C)[Si](c1c(-c2ccc(O)cn2)ncc(Cl)c1Cl)C(C)C.[Pd]. The van der Waals surface area contributed by atoms with Gasteiger partial charge >= 0.3 is 0 Å². The molecule has 0 bridgehead atoms. The van der Waals surface area contributed by atoms with Crippen LogP contribution < -0.4 is 5.19 Å². The number of nitrogens with zero attached hydrogens (tertiary/aromatic N) is 2. The molecule has 0 aliphatic carbocycles. The summed E-state index contributed by atoms with van der Waals surface area (Å²) in [5.41, 5.74) is 2.44. The molecule has 2 rings (SSSR count). The summed E-state index contributed by atoms with van der Waals surface area (Å²) in [4.78, 5) is 8.77. The van der Waals surface area contributed by atoms with Crippen molar-refractivity contribution in [1.82, 2.24) is 9.97 Å². The van der Waals surface area contributed by atoms with Crippen LogP contribution in [0.25, 0.3) is 11.4 Å². The molecular formula is C16H19Cl2N2OPdSi. The van der Waals surface area contributed by atoms with Crippen LogP contribution in [0.2, 0.25) is 21.1 Å². The number of rotatable bonds is 4. The minimum atomic E-state index is -0.977. The van der Waals surface area contributed by atoms with Gasteiger partial charge in [-0.05, 0) is 28.4 Å². The van der Waals surface area contributed by atoms with E-state index in [-0.39, 0.29) is 26.2 Å². The molecule has 0 aliphatic rings. The Morgan fingerprint density at radius 2 is 1.61 bits per heavy atom. The van der Waals surface area contributed by atoms with Gasteiger partial charge in [0.05, 0.1) is 36.4 Å². The molecule has 0 amide bonds. The smallest absolute Gasteiger partial charge is 0.133 e. The van der Waals surface area contributed by atoms with Crippen molar-refractivity contribution in [2.75, 3.05) is 0 Å². The molecule has 0 aromatic carbocycles. The fourth-order valence-electron chi connectivity index (χ4n) is 2.69. The molecular weight excluding hydrogens is 442 g/mol. The maximum atomic E-state index is 9.43. The Kier molecular flexibility index (Phi) is 7.70. The van der Waals surface area contributed by atoms with E-state index in [1.807, 2.05) is 0 Å². The molecule has 2 heterocycles. The number of aromatic nitrogens is 2. The van der Waals surface area contributed by atoms with Gasteiger partial charge in [-0.2, -0.15) is 0 Å². The summed E-state index contributed by atoms with van der Waals surface area (Å²) >= 11 is 12.8. The van der Waals surface area contributed by atoms with E-state index in [0.717, 1.165) is 10.9 Å². The molecule has 127 valence electrons. The van der Waals surface area contributed by atoms with Crippen molar-refractivity contribution in [2.45, 2.75) is 38.8 Å². The van der Waals surface area contributed by atoms with Crippen molar-refractivity contribution in [3.05, 3.63) is 34.6 Å². The van der Waals surface area contributed by atoms with Gasteiger partial charge in [-0.25, -0.2) is 0 Å². The first kappa shape index (κ1) is 20.6. The van der Waals surface area contributed by atoms with Crippen molar-refractivity contribution >= 4 is 37.2 Å². The molecule has 1 N–H and O–H groups in total. The van der Waals surface area contributed by atoms with Gasteiger partial charge in [-0.15, -0.1) is 0 Å². The second kappa shape index (κ2) is 8.60. The normalized spacial score (nSPS) is 11.2. The third-order valence-electron chi connectivity index (χ3n) is 3.50. The van der Waals surface area contributed by atoms with E-state index in [9.17, 15) is 5.11 Å². The van der Waals surface area contributed by atoms with Crippen molar-refractivity contribution in [3.8, 4) is 17.1 Å². The summed E-state index contributed by atoms with van der Waals surface area (Å²) in [7, 11) is -0.977. The van der Waals surface area contributed by atoms with E-state index in [1.165, 1.54) is 6.20 Å². The summed E-state index contributed by atoms with van der Waals surface area (Å²) in [6.45, 7) is 8.83. The van der Waals surface area contributed by atoms with Crippen LogP contribution in [-0.2, 0) is 20.4 Å². The largest absolute Gasteiger partial charge is 0.506 e. The predicted molar refractivity (Wildman–Crippen MR) is 94.7 cm³/mol. The van der Waals surface area contributed by atoms with Crippen LogP contribution in [0.5, 0.6) is 5.75 Å². The molecule has 0 saturated carbocycles. The van der Waals surface area contributed by atoms with Crippen molar-refractivity contribution in [3.63, 3.8) is 0 Å². The summed E-state index contributed by atoms with van der Waals surface area (Å²) < 4.78 is 0. The van der Waals surface area contributed by atoms with Crippen LogP contribution in [0.4, 0.5) is 0 Å². The van der Waals surface area contributed by atoms with E-state index in [2.05, 4.69) is 37.7 Å². The van der Waals surface area contributed by atoms with E-state index < -0.39 is 8.80 Å². The third kappa shape index (κ3) is 4.55. The standard InChI is InChI=1S/C16H19Cl2N2OSi.Pd/c1-9(2)22(10(3)4)16-14(18)12(17)8-20-15(16)13-6-5-11(21)7-19-13;/h5-10,21H,1-4H3;. The van der Waals surface area contributed by atoms with Gasteiger partial charge in [0.1, 0.15) is 5.75 Å². The van der Waals surface area contributed by atoms with E-state index in [1.54, 1.807) is 18.3 Å². The van der Waals surface area contributed by atoms with Gasteiger partial charge in [0.2, 0.25) is 0 Å². The zero-order valence-electron chi connectivity index (χ0n) is 13.4. The Hall–Kier alpha value is -0.441. The minimum absolute atomic E-state index is 0. The van der Waals surface area contributed by atoms with Crippen LogP contribution in [0.15, 0.2) is 24.5 Å². The predicted octanol–water partition coefficient (Wildman–Crippen LogP) is 4.68. The molecule has 0 atom stereocenters. The molecule has 3 nitrogen and oxygen atoms in total. The Morgan fingerprint density at radius 1 is 1.00 bits per heavy atom. The molecule has 0 spiro atoms. The quantitative estimate of drug-likeness (QED) is 0.674. The molecule has 0 aliphatic heterocycles. The Morgan fingerprint density at radius 3 is 2.09 bits per heavy atom. The Bertz CT molecular complexity index is 658. The number of hydrogen-bond donors (Lipinski definition) is 1. The topological polar surface area (TPSA) is 46.0 Å². The van der Waals surface area contributed by atoms with Crippen LogP contribution in [-0.4, -0.2) is 23.9 Å². The van der Waals surface area contributed by atoms with Gasteiger partial charge in [-0.1, -0.05) is 50.9 Å². The van der Waals surface area contributed by atoms with E-state index in [0.29, 0.717) is 26.8 Å². The second-order valence-electron chi connectivity index (χ2n) is 5.81. The molecule has 0 fully saturated rings. The van der Waals surface area contributed by atoms with Gasteiger partial charge in [0, 0.05) is 26.6 Å². The Labute approximate surface area is 162 Å². The fourth-order valence-corrected chi connectivity index (χ4v) is 6.72. The van der Waals surface area contributed by atoms with Gasteiger partial charge in [0.15, 0.2) is 0 Å². The first-order valence-electron chi connectivity index (χ1n) is 7.19. The van der Waals surface area contributed by atoms with Gasteiger partial charge in [0.25, 0.3) is 0 Å². The number of halogens is 2. The summed E-state index contributed by atoms with van der Waals surface area (Å²) in [5.74, 6) is 0.128. The second-order valence-corrected chi connectivity index (χ2v) is 10.3. The number of aromatic hydroxyl groups is 1. The molecule has 1 radical (unpaired) electrons. The molecule has 7 heteroatoms. The molecule has 0 saturated heterocycles. The van der Waals surface area contributed by atoms with Crippen LogP contribution in [0.3, 0.4) is 0 Å². The third-order valence-corrected chi connectivity index (χ3v) is 7.98. The van der Waals surface area contributed by atoms with Crippen molar-refractivity contribution in [2.24, 2.45) is 0 Å². The minimum Gasteiger partial charge on any atom is -0.506 e. The number of hydrogen-bond acceptors (Lipinski definition) is 3. The summed E-state index contributed by atoms with van der Waals surface area (Å²) in [6, 6.07) is 3.36. The maximum Gasteiger partial charge on any atom is 0.133 e. The van der Waals surface area contributed by atoms with Crippen molar-refractivity contribution < 1.29 is 25.5 Å². The zero-order chi connectivity index (χ0) is 16.4. The fraction of sp³-hybridized carbons (Fsp3) is 0.375. The monoisotopic (exact) mass is 459 g/mol. The average Bonchev–Trinajstić information content (AvgIpc) is 2.44. The number of pyridine rings is 2. The molecule has 2 aromatic rings. The van der Waals surface area contributed by atoms with Crippen LogP contribution in [0, 0.1) is 0 Å².